The molecule has 0 spiro atoms. The molecule has 0 bridgehead atoms. The van der Waals surface area contributed by atoms with Crippen molar-refractivity contribution in [1.82, 2.24) is 10.6 Å². The highest BCUT2D eigenvalue weighted by Gasteiger charge is 2.33. The Balaban J connectivity index is 1.55. The minimum absolute atomic E-state index is 0.538. The molecule has 1 aliphatic rings. The second-order valence-electron chi connectivity index (χ2n) is 6.23. The third kappa shape index (κ3) is 4.78. The Morgan fingerprint density at radius 1 is 1.29 bits per heavy atom. The number of benzene rings is 1. The quantitative estimate of drug-likeness (QED) is 0.606. The fourth-order valence-corrected chi connectivity index (χ4v) is 2.51. The molecule has 1 fully saturated rings. The van der Waals surface area contributed by atoms with Crippen LogP contribution in [0.1, 0.15) is 24.7 Å². The maximum absolute atomic E-state index is 5.36. The van der Waals surface area contributed by atoms with Gasteiger partial charge in [0, 0.05) is 19.0 Å². The summed E-state index contributed by atoms with van der Waals surface area (Å²) in [6, 6.07) is 12.5. The predicted octanol–water partition coefficient (Wildman–Crippen LogP) is 2.97. The Labute approximate surface area is 143 Å². The molecular weight excluding hydrogens is 302 g/mol. The highest BCUT2D eigenvalue weighted by molar-refractivity contribution is 5.80. The van der Waals surface area contributed by atoms with Crippen LogP contribution in [0.15, 0.2) is 52.1 Å². The monoisotopic (exact) mass is 327 g/mol. The smallest absolute Gasteiger partial charge is 0.191 e. The summed E-state index contributed by atoms with van der Waals surface area (Å²) in [5, 5.41) is 6.89. The van der Waals surface area contributed by atoms with E-state index in [1.54, 1.807) is 13.4 Å². The van der Waals surface area contributed by atoms with Gasteiger partial charge in [0.05, 0.1) is 19.9 Å². The standard InChI is InChI=1S/C19H25N3O2/c1-14-12-18(14)22-19(20-10-9-17-4-3-11-24-17)21-13-15-5-7-16(23-2)8-6-15/h3-8,11,14,18H,9-10,12-13H2,1-2H3,(H2,20,21,22). The van der Waals surface area contributed by atoms with E-state index >= 15 is 0 Å². The molecule has 2 aromatic rings. The number of nitrogens with zero attached hydrogens (tertiary/aromatic N) is 1. The van der Waals surface area contributed by atoms with Gasteiger partial charge in [0.1, 0.15) is 11.5 Å². The van der Waals surface area contributed by atoms with Gasteiger partial charge in [-0.2, -0.15) is 0 Å². The van der Waals surface area contributed by atoms with E-state index in [4.69, 9.17) is 14.1 Å². The summed E-state index contributed by atoms with van der Waals surface area (Å²) >= 11 is 0. The van der Waals surface area contributed by atoms with Gasteiger partial charge in [0.25, 0.3) is 0 Å². The lowest BCUT2D eigenvalue weighted by Crippen LogP contribution is -2.40. The first-order valence-corrected chi connectivity index (χ1v) is 8.45. The van der Waals surface area contributed by atoms with Gasteiger partial charge in [0.15, 0.2) is 5.96 Å². The van der Waals surface area contributed by atoms with Crippen LogP contribution in [0.5, 0.6) is 5.75 Å². The molecule has 1 aromatic carbocycles. The first kappa shape index (κ1) is 16.4. The van der Waals surface area contributed by atoms with Crippen molar-refractivity contribution < 1.29 is 9.15 Å². The fourth-order valence-electron chi connectivity index (χ4n) is 2.51. The van der Waals surface area contributed by atoms with Crippen LogP contribution in [0, 0.1) is 5.92 Å². The van der Waals surface area contributed by atoms with Crippen LogP contribution < -0.4 is 15.4 Å². The molecule has 5 nitrogen and oxygen atoms in total. The van der Waals surface area contributed by atoms with Gasteiger partial charge in [-0.15, -0.1) is 0 Å². The maximum Gasteiger partial charge on any atom is 0.191 e. The van der Waals surface area contributed by atoms with Crippen LogP contribution in [-0.4, -0.2) is 25.7 Å². The summed E-state index contributed by atoms with van der Waals surface area (Å²) in [5.74, 6) is 3.44. The molecule has 1 aliphatic carbocycles. The van der Waals surface area contributed by atoms with Crippen molar-refractivity contribution in [3.8, 4) is 5.75 Å². The Morgan fingerprint density at radius 3 is 2.71 bits per heavy atom. The molecule has 2 atom stereocenters. The van der Waals surface area contributed by atoms with Crippen LogP contribution in [0.3, 0.4) is 0 Å². The summed E-state index contributed by atoms with van der Waals surface area (Å²) in [5.41, 5.74) is 1.16. The van der Waals surface area contributed by atoms with Gasteiger partial charge in [-0.25, -0.2) is 4.99 Å². The predicted molar refractivity (Wildman–Crippen MR) is 95.3 cm³/mol. The van der Waals surface area contributed by atoms with Crippen LogP contribution >= 0.6 is 0 Å². The zero-order chi connectivity index (χ0) is 16.8. The Morgan fingerprint density at radius 2 is 2.08 bits per heavy atom. The van der Waals surface area contributed by atoms with Crippen molar-refractivity contribution in [1.29, 1.82) is 0 Å². The molecule has 24 heavy (non-hydrogen) atoms. The van der Waals surface area contributed by atoms with Crippen molar-refractivity contribution in [2.75, 3.05) is 13.7 Å². The summed E-state index contributed by atoms with van der Waals surface area (Å²) < 4.78 is 10.6. The number of aliphatic imine (C=N–C) groups is 1. The lowest BCUT2D eigenvalue weighted by atomic mass is 10.2. The molecule has 1 heterocycles. The summed E-state index contributed by atoms with van der Waals surface area (Å²) in [4.78, 5) is 4.71. The number of guanidine groups is 1. The maximum atomic E-state index is 5.36. The Kier molecular flexibility index (Phi) is 5.41. The normalized spacial score (nSPS) is 19.8. The van der Waals surface area contributed by atoms with E-state index in [-0.39, 0.29) is 0 Å². The van der Waals surface area contributed by atoms with Crippen molar-refractivity contribution in [2.24, 2.45) is 10.9 Å². The fraction of sp³-hybridized carbons (Fsp3) is 0.421. The highest BCUT2D eigenvalue weighted by Crippen LogP contribution is 2.28. The second kappa shape index (κ2) is 7.90. The Bertz CT molecular complexity index is 650. The average Bonchev–Trinajstić information content (AvgIpc) is 3.07. The second-order valence-corrected chi connectivity index (χ2v) is 6.23. The zero-order valence-corrected chi connectivity index (χ0v) is 14.3. The molecule has 2 unspecified atom stereocenters. The van der Waals surface area contributed by atoms with Crippen LogP contribution in [0.25, 0.3) is 0 Å². The zero-order valence-electron chi connectivity index (χ0n) is 14.3. The molecular formula is C19H25N3O2. The van der Waals surface area contributed by atoms with Crippen LogP contribution in [-0.2, 0) is 13.0 Å². The number of furan rings is 1. The van der Waals surface area contributed by atoms with E-state index in [9.17, 15) is 0 Å². The minimum atomic E-state index is 0.538. The Hall–Kier alpha value is -2.43. The van der Waals surface area contributed by atoms with Gasteiger partial charge in [-0.1, -0.05) is 19.1 Å². The molecule has 3 rings (SSSR count). The first-order chi connectivity index (χ1) is 11.7. The van der Waals surface area contributed by atoms with Gasteiger partial charge in [0.2, 0.25) is 0 Å². The van der Waals surface area contributed by atoms with Crippen molar-refractivity contribution >= 4 is 5.96 Å². The molecule has 0 saturated heterocycles. The third-order valence-electron chi connectivity index (χ3n) is 4.25. The van der Waals surface area contributed by atoms with Crippen LogP contribution in [0.4, 0.5) is 0 Å². The number of hydrogen-bond acceptors (Lipinski definition) is 3. The molecule has 0 aliphatic heterocycles. The van der Waals surface area contributed by atoms with E-state index < -0.39 is 0 Å². The highest BCUT2D eigenvalue weighted by atomic mass is 16.5. The van der Waals surface area contributed by atoms with Crippen LogP contribution in [0.2, 0.25) is 0 Å². The number of nitrogens with one attached hydrogen (secondary N) is 2. The molecule has 0 radical (unpaired) electrons. The number of methoxy groups -OCH3 is 1. The van der Waals surface area contributed by atoms with Crippen molar-refractivity contribution in [3.05, 3.63) is 54.0 Å². The summed E-state index contributed by atoms with van der Waals surface area (Å²) in [6.07, 6.45) is 3.76. The lowest BCUT2D eigenvalue weighted by molar-refractivity contribution is 0.414. The van der Waals surface area contributed by atoms with E-state index in [1.165, 1.54) is 6.42 Å². The molecule has 2 N–H and O–H groups in total. The van der Waals surface area contributed by atoms with Gasteiger partial charge in [-0.3, -0.25) is 0 Å². The topological polar surface area (TPSA) is 58.8 Å². The summed E-state index contributed by atoms with van der Waals surface area (Å²) in [7, 11) is 1.68. The SMILES string of the molecule is COc1ccc(CN=C(NCCc2ccco2)NC2CC2C)cc1. The van der Waals surface area contributed by atoms with Crippen molar-refractivity contribution in [2.45, 2.75) is 32.4 Å². The molecule has 1 saturated carbocycles. The molecule has 128 valence electrons. The number of hydrogen-bond donors (Lipinski definition) is 2. The largest absolute Gasteiger partial charge is 0.497 e. The van der Waals surface area contributed by atoms with E-state index in [1.807, 2.05) is 36.4 Å². The summed E-state index contributed by atoms with van der Waals surface area (Å²) in [6.45, 7) is 3.69. The average molecular weight is 327 g/mol. The number of ether oxygens (including phenoxy) is 1. The van der Waals surface area contributed by atoms with E-state index in [0.717, 1.165) is 41.9 Å². The van der Waals surface area contributed by atoms with Gasteiger partial charge in [-0.05, 0) is 42.2 Å². The third-order valence-corrected chi connectivity index (χ3v) is 4.25. The number of rotatable bonds is 7. The van der Waals surface area contributed by atoms with Crippen molar-refractivity contribution in [3.63, 3.8) is 0 Å². The molecule has 0 amide bonds. The minimum Gasteiger partial charge on any atom is -0.497 e. The first-order valence-electron chi connectivity index (χ1n) is 8.45. The molecule has 1 aromatic heterocycles. The van der Waals surface area contributed by atoms with E-state index in [0.29, 0.717) is 12.6 Å². The van der Waals surface area contributed by atoms with E-state index in [2.05, 4.69) is 17.6 Å². The lowest BCUT2D eigenvalue weighted by Gasteiger charge is -2.12. The van der Waals surface area contributed by atoms with Gasteiger partial charge >= 0.3 is 0 Å². The van der Waals surface area contributed by atoms with Gasteiger partial charge < -0.3 is 19.8 Å². The molecule has 5 heteroatoms.